The van der Waals surface area contributed by atoms with E-state index in [9.17, 15) is 13.2 Å². The van der Waals surface area contributed by atoms with E-state index in [0.29, 0.717) is 28.9 Å². The fraction of sp³-hybridized carbons (Fsp3) is 0.385. The number of ether oxygens (including phenoxy) is 1. The molecule has 1 aliphatic carbocycles. The molecular formula is C26H25ClF3N7O. The number of fused-ring (bicyclic) bond motifs is 1. The minimum Gasteiger partial charge on any atom is -0.480 e. The van der Waals surface area contributed by atoms with Gasteiger partial charge in [-0.1, -0.05) is 11.6 Å². The largest absolute Gasteiger partial charge is 0.480 e. The molecular weight excluding hydrogens is 519 g/mol. The van der Waals surface area contributed by atoms with Crippen molar-refractivity contribution in [3.8, 4) is 28.5 Å². The predicted octanol–water partition coefficient (Wildman–Crippen LogP) is 5.40. The van der Waals surface area contributed by atoms with Crippen LogP contribution < -0.4 is 9.64 Å². The van der Waals surface area contributed by atoms with Crippen molar-refractivity contribution in [2.75, 3.05) is 18.6 Å². The molecule has 0 radical (unpaired) electrons. The van der Waals surface area contributed by atoms with Crippen molar-refractivity contribution in [2.45, 2.75) is 37.9 Å². The summed E-state index contributed by atoms with van der Waals surface area (Å²) in [6.45, 7) is 1.32. The number of hydrogen-bond acceptors (Lipinski definition) is 6. The number of aromatic nitrogens is 6. The minimum atomic E-state index is -4.53. The van der Waals surface area contributed by atoms with Gasteiger partial charge in [0.15, 0.2) is 5.69 Å². The third-order valence-corrected chi connectivity index (χ3v) is 7.52. The van der Waals surface area contributed by atoms with E-state index >= 15 is 0 Å². The lowest BCUT2D eigenvalue weighted by Crippen LogP contribution is -2.31. The Hall–Kier alpha value is -3.60. The van der Waals surface area contributed by atoms with Crippen LogP contribution in [0.4, 0.5) is 18.9 Å². The van der Waals surface area contributed by atoms with E-state index in [2.05, 4.69) is 19.9 Å². The third-order valence-electron chi connectivity index (χ3n) is 7.20. The summed E-state index contributed by atoms with van der Waals surface area (Å²) in [7, 11) is 5.07. The quantitative estimate of drug-likeness (QED) is 0.336. The molecule has 2 aliphatic rings. The molecule has 0 spiro atoms. The van der Waals surface area contributed by atoms with Gasteiger partial charge >= 0.3 is 6.18 Å². The number of hydrogen-bond donors (Lipinski definition) is 0. The van der Waals surface area contributed by atoms with Crippen LogP contribution in [-0.4, -0.2) is 43.0 Å². The SMILES string of the molecule is COc1ncnc(C2CC2)c1-c1nn(C)c2c1CN(c1ccc(-c3nc(C(F)(F)F)cn3C)c(Cl)c1)CC2. The fourth-order valence-corrected chi connectivity index (χ4v) is 5.43. The first-order valence-corrected chi connectivity index (χ1v) is 12.6. The van der Waals surface area contributed by atoms with Gasteiger partial charge in [0, 0.05) is 68.2 Å². The maximum atomic E-state index is 13.2. The zero-order chi connectivity index (χ0) is 26.8. The molecule has 0 N–H and O–H groups in total. The van der Waals surface area contributed by atoms with E-state index in [4.69, 9.17) is 21.4 Å². The van der Waals surface area contributed by atoms with Crippen molar-refractivity contribution in [3.63, 3.8) is 0 Å². The summed E-state index contributed by atoms with van der Waals surface area (Å²) in [5.41, 5.74) is 5.20. The lowest BCUT2D eigenvalue weighted by Gasteiger charge is -2.30. The molecule has 0 saturated heterocycles. The Morgan fingerprint density at radius 2 is 1.92 bits per heavy atom. The molecule has 8 nitrogen and oxygen atoms in total. The zero-order valence-corrected chi connectivity index (χ0v) is 21.8. The Kier molecular flexibility index (Phi) is 5.86. The van der Waals surface area contributed by atoms with Crippen LogP contribution in [0.5, 0.6) is 5.88 Å². The number of nitrogens with zero attached hydrogens (tertiary/aromatic N) is 7. The molecule has 4 aromatic rings. The van der Waals surface area contributed by atoms with E-state index < -0.39 is 11.9 Å². The second-order valence-electron chi connectivity index (χ2n) is 9.71. The standard InChI is InChI=1S/C26H25ClF3N7O/c1-35-12-20(26(28,29)30)33-24(35)16-7-6-15(10-18(16)27)37-9-8-19-17(11-37)23(34-36(19)2)21-22(14-4-5-14)31-13-32-25(21)38-3/h6-7,10,12-14H,4-5,8-9,11H2,1-3H3. The third kappa shape index (κ3) is 4.18. The smallest absolute Gasteiger partial charge is 0.434 e. The molecule has 3 aromatic heterocycles. The van der Waals surface area contributed by atoms with E-state index in [1.807, 2.05) is 17.8 Å². The molecule has 1 fully saturated rings. The summed E-state index contributed by atoms with van der Waals surface area (Å²) < 4.78 is 48.4. The molecule has 38 heavy (non-hydrogen) atoms. The summed E-state index contributed by atoms with van der Waals surface area (Å²) in [6, 6.07) is 5.37. The van der Waals surface area contributed by atoms with Gasteiger partial charge in [-0.3, -0.25) is 4.68 Å². The predicted molar refractivity (Wildman–Crippen MR) is 136 cm³/mol. The molecule has 1 aromatic carbocycles. The first kappa shape index (κ1) is 24.7. The van der Waals surface area contributed by atoms with Crippen LogP contribution in [0.2, 0.25) is 5.02 Å². The highest BCUT2D eigenvalue weighted by Crippen LogP contribution is 2.47. The molecule has 1 aliphatic heterocycles. The van der Waals surface area contributed by atoms with Gasteiger partial charge in [-0.15, -0.1) is 0 Å². The van der Waals surface area contributed by atoms with Crippen molar-refractivity contribution in [2.24, 2.45) is 14.1 Å². The van der Waals surface area contributed by atoms with Gasteiger partial charge < -0.3 is 14.2 Å². The van der Waals surface area contributed by atoms with Gasteiger partial charge in [-0.2, -0.15) is 18.3 Å². The Morgan fingerprint density at radius 3 is 2.58 bits per heavy atom. The maximum absolute atomic E-state index is 13.2. The van der Waals surface area contributed by atoms with Gasteiger partial charge in [0.1, 0.15) is 17.8 Å². The van der Waals surface area contributed by atoms with Crippen molar-refractivity contribution in [3.05, 3.63) is 58.4 Å². The highest BCUT2D eigenvalue weighted by Gasteiger charge is 2.36. The first-order chi connectivity index (χ1) is 18.2. The van der Waals surface area contributed by atoms with Gasteiger partial charge in [0.2, 0.25) is 5.88 Å². The van der Waals surface area contributed by atoms with Crippen molar-refractivity contribution in [1.29, 1.82) is 0 Å². The highest BCUT2D eigenvalue weighted by atomic mass is 35.5. The number of aryl methyl sites for hydroxylation is 2. The van der Waals surface area contributed by atoms with Gasteiger partial charge in [-0.05, 0) is 31.0 Å². The van der Waals surface area contributed by atoms with E-state index in [0.717, 1.165) is 65.9 Å². The van der Waals surface area contributed by atoms with Crippen LogP contribution in [-0.2, 0) is 33.2 Å². The lowest BCUT2D eigenvalue weighted by molar-refractivity contribution is -0.140. The minimum absolute atomic E-state index is 0.160. The molecule has 1 saturated carbocycles. The molecule has 0 atom stereocenters. The molecule has 12 heteroatoms. The molecule has 0 amide bonds. The van der Waals surface area contributed by atoms with Crippen molar-refractivity contribution in [1.82, 2.24) is 29.3 Å². The van der Waals surface area contributed by atoms with Gasteiger partial charge in [0.05, 0.1) is 23.4 Å². The number of halogens is 4. The monoisotopic (exact) mass is 543 g/mol. The highest BCUT2D eigenvalue weighted by molar-refractivity contribution is 6.33. The van der Waals surface area contributed by atoms with Crippen LogP contribution in [0.1, 0.15) is 41.4 Å². The number of benzene rings is 1. The molecule has 6 rings (SSSR count). The Balaban J connectivity index is 1.35. The van der Waals surface area contributed by atoms with Crippen LogP contribution in [0, 0.1) is 0 Å². The molecule has 4 heterocycles. The number of methoxy groups -OCH3 is 1. The van der Waals surface area contributed by atoms with Crippen molar-refractivity contribution >= 4 is 17.3 Å². The number of anilines is 1. The maximum Gasteiger partial charge on any atom is 0.434 e. The summed E-state index contributed by atoms with van der Waals surface area (Å²) >= 11 is 6.60. The summed E-state index contributed by atoms with van der Waals surface area (Å²) in [6.07, 6.45) is 0.912. The number of imidazole rings is 1. The summed E-state index contributed by atoms with van der Waals surface area (Å²) in [5, 5.41) is 5.20. The lowest BCUT2D eigenvalue weighted by atomic mass is 9.98. The average Bonchev–Trinajstić information content (AvgIpc) is 3.59. The topological polar surface area (TPSA) is 73.9 Å². The Labute approximate surface area is 222 Å². The van der Waals surface area contributed by atoms with E-state index in [1.165, 1.54) is 11.6 Å². The van der Waals surface area contributed by atoms with E-state index in [1.54, 1.807) is 25.6 Å². The second kappa shape index (κ2) is 9.00. The number of rotatable bonds is 5. The summed E-state index contributed by atoms with van der Waals surface area (Å²) in [4.78, 5) is 14.9. The zero-order valence-electron chi connectivity index (χ0n) is 21.1. The Bertz CT molecular complexity index is 1540. The molecule has 0 bridgehead atoms. The van der Waals surface area contributed by atoms with Crippen LogP contribution in [0.3, 0.4) is 0 Å². The van der Waals surface area contributed by atoms with Crippen LogP contribution in [0.25, 0.3) is 22.6 Å². The van der Waals surface area contributed by atoms with Gasteiger partial charge in [-0.25, -0.2) is 15.0 Å². The normalized spacial score (nSPS) is 15.6. The van der Waals surface area contributed by atoms with Crippen LogP contribution in [0.15, 0.2) is 30.7 Å². The first-order valence-electron chi connectivity index (χ1n) is 12.2. The Morgan fingerprint density at radius 1 is 1.13 bits per heavy atom. The second-order valence-corrected chi connectivity index (χ2v) is 10.1. The average molecular weight is 544 g/mol. The van der Waals surface area contributed by atoms with Crippen LogP contribution >= 0.6 is 11.6 Å². The fourth-order valence-electron chi connectivity index (χ4n) is 5.17. The summed E-state index contributed by atoms with van der Waals surface area (Å²) in [5.74, 6) is 1.06. The molecule has 0 unspecified atom stereocenters. The van der Waals surface area contributed by atoms with E-state index in [-0.39, 0.29) is 5.82 Å². The molecule has 198 valence electrons. The number of alkyl halides is 3. The van der Waals surface area contributed by atoms with Crippen molar-refractivity contribution < 1.29 is 17.9 Å². The van der Waals surface area contributed by atoms with Gasteiger partial charge in [0.25, 0.3) is 0 Å².